The fraction of sp³-hybridized carbons (Fsp3) is 0.250. The van der Waals surface area contributed by atoms with Gasteiger partial charge in [0, 0.05) is 5.56 Å². The first-order valence-corrected chi connectivity index (χ1v) is 3.47. The molecule has 0 bridgehead atoms. The lowest BCUT2D eigenvalue weighted by molar-refractivity contribution is 0.121. The van der Waals surface area contributed by atoms with Gasteiger partial charge in [-0.15, -0.1) is 0 Å². The van der Waals surface area contributed by atoms with Gasteiger partial charge in [-0.25, -0.2) is 10.3 Å². The van der Waals surface area contributed by atoms with Gasteiger partial charge < -0.3 is 5.11 Å². The molecule has 0 saturated carbocycles. The van der Waals surface area contributed by atoms with Crippen LogP contribution >= 0.6 is 0 Å². The zero-order chi connectivity index (χ0) is 8.97. The molecule has 0 aliphatic carbocycles. The van der Waals surface area contributed by atoms with Gasteiger partial charge in [-0.2, -0.15) is 0 Å². The Morgan fingerprint density at radius 2 is 2.25 bits per heavy atom. The summed E-state index contributed by atoms with van der Waals surface area (Å²) in [6.07, 6.45) is 0. The molecule has 0 unspecified atom stereocenters. The van der Waals surface area contributed by atoms with Crippen LogP contribution in [0.15, 0.2) is 18.2 Å². The fourth-order valence-electron chi connectivity index (χ4n) is 0.927. The molecule has 0 saturated heterocycles. The average Bonchev–Trinajstić information content (AvgIpc) is 2.09. The Labute approximate surface area is 69.5 Å². The third kappa shape index (κ3) is 2.01. The lowest BCUT2D eigenvalue weighted by Gasteiger charge is -2.02. The molecule has 0 heterocycles. The topological polar surface area (TPSA) is 55.5 Å². The van der Waals surface area contributed by atoms with Gasteiger partial charge in [-0.3, -0.25) is 4.84 Å². The maximum Gasteiger partial charge on any atom is 0.128 e. The van der Waals surface area contributed by atoms with Crippen LogP contribution in [0.4, 0.5) is 4.39 Å². The van der Waals surface area contributed by atoms with Crippen molar-refractivity contribution in [1.82, 2.24) is 0 Å². The fourth-order valence-corrected chi connectivity index (χ4v) is 0.927. The Balaban J connectivity index is 2.91. The highest BCUT2D eigenvalue weighted by Gasteiger charge is 2.02. The van der Waals surface area contributed by atoms with E-state index in [9.17, 15) is 4.39 Å². The molecule has 0 radical (unpaired) electrons. The van der Waals surface area contributed by atoms with Crippen LogP contribution in [0.3, 0.4) is 0 Å². The molecule has 0 aromatic heterocycles. The molecule has 4 heteroatoms. The number of aliphatic hydroxyl groups excluding tert-OH is 1. The second-order valence-electron chi connectivity index (χ2n) is 2.39. The van der Waals surface area contributed by atoms with Crippen LogP contribution in [0, 0.1) is 5.82 Å². The van der Waals surface area contributed by atoms with Gasteiger partial charge in [0.15, 0.2) is 0 Å². The van der Waals surface area contributed by atoms with E-state index in [1.165, 1.54) is 18.2 Å². The number of halogens is 1. The first-order chi connectivity index (χ1) is 5.77. The summed E-state index contributed by atoms with van der Waals surface area (Å²) in [5, 5.41) is 8.73. The Hall–Kier alpha value is -0.970. The highest BCUT2D eigenvalue weighted by atomic mass is 19.1. The Bertz CT molecular complexity index is 265. The summed E-state index contributed by atoms with van der Waals surface area (Å²) in [6, 6.07) is 4.30. The van der Waals surface area contributed by atoms with Crippen molar-refractivity contribution in [2.24, 2.45) is 5.90 Å². The van der Waals surface area contributed by atoms with Crippen molar-refractivity contribution < 1.29 is 14.3 Å². The van der Waals surface area contributed by atoms with E-state index < -0.39 is 0 Å². The second-order valence-corrected chi connectivity index (χ2v) is 2.39. The number of benzene rings is 1. The van der Waals surface area contributed by atoms with Crippen LogP contribution in [0.25, 0.3) is 0 Å². The molecule has 0 spiro atoms. The quantitative estimate of drug-likeness (QED) is 0.658. The largest absolute Gasteiger partial charge is 0.392 e. The maximum absolute atomic E-state index is 12.9. The molecule has 3 nitrogen and oxygen atoms in total. The summed E-state index contributed by atoms with van der Waals surface area (Å²) in [6.45, 7) is -0.0997. The van der Waals surface area contributed by atoms with Crippen LogP contribution < -0.4 is 5.90 Å². The van der Waals surface area contributed by atoms with E-state index in [1.807, 2.05) is 0 Å². The van der Waals surface area contributed by atoms with E-state index >= 15 is 0 Å². The monoisotopic (exact) mass is 171 g/mol. The van der Waals surface area contributed by atoms with Gasteiger partial charge in [-0.05, 0) is 17.7 Å². The molecule has 0 aliphatic rings. The Kier molecular flexibility index (Phi) is 3.16. The summed E-state index contributed by atoms with van der Waals surface area (Å²) in [7, 11) is 0. The maximum atomic E-state index is 12.9. The predicted octanol–water partition coefficient (Wildman–Crippen LogP) is 0.708. The second kappa shape index (κ2) is 4.15. The van der Waals surface area contributed by atoms with Crippen molar-refractivity contribution in [3.63, 3.8) is 0 Å². The number of aliphatic hydroxyl groups is 1. The first-order valence-electron chi connectivity index (χ1n) is 3.47. The minimum Gasteiger partial charge on any atom is -0.392 e. The molecule has 66 valence electrons. The molecular weight excluding hydrogens is 161 g/mol. The third-order valence-electron chi connectivity index (χ3n) is 1.53. The van der Waals surface area contributed by atoms with E-state index in [1.54, 1.807) is 0 Å². The van der Waals surface area contributed by atoms with Crippen molar-refractivity contribution >= 4 is 0 Å². The molecule has 1 rings (SSSR count). The number of hydrogen-bond acceptors (Lipinski definition) is 3. The smallest absolute Gasteiger partial charge is 0.128 e. The number of nitrogens with two attached hydrogens (primary N) is 1. The third-order valence-corrected chi connectivity index (χ3v) is 1.53. The van der Waals surface area contributed by atoms with Gasteiger partial charge in [-0.1, -0.05) is 6.07 Å². The molecule has 3 N–H and O–H groups in total. The van der Waals surface area contributed by atoms with Crippen LogP contribution in [-0.2, 0) is 18.1 Å². The molecular formula is C8H10FNO2. The zero-order valence-corrected chi connectivity index (χ0v) is 6.46. The van der Waals surface area contributed by atoms with Gasteiger partial charge in [0.25, 0.3) is 0 Å². The predicted molar refractivity (Wildman–Crippen MR) is 41.3 cm³/mol. The van der Waals surface area contributed by atoms with Crippen LogP contribution in [0.1, 0.15) is 11.1 Å². The molecule has 0 amide bonds. The normalized spacial score (nSPS) is 10.2. The zero-order valence-electron chi connectivity index (χ0n) is 6.46. The van der Waals surface area contributed by atoms with Crippen LogP contribution in [-0.4, -0.2) is 5.11 Å². The van der Waals surface area contributed by atoms with Gasteiger partial charge in [0.2, 0.25) is 0 Å². The highest BCUT2D eigenvalue weighted by molar-refractivity contribution is 5.23. The minimum absolute atomic E-state index is 0.0136. The SMILES string of the molecule is NOCc1cc(CO)ccc1F. The van der Waals surface area contributed by atoms with Crippen LogP contribution in [0.2, 0.25) is 0 Å². The first kappa shape index (κ1) is 9.12. The standard InChI is InChI=1S/C8H10FNO2/c9-8-2-1-6(4-11)3-7(8)5-12-10/h1-3,11H,4-5,10H2. The molecule has 1 aromatic rings. The van der Waals surface area contributed by atoms with Gasteiger partial charge in [0.05, 0.1) is 13.2 Å². The molecule has 0 fully saturated rings. The summed E-state index contributed by atoms with van der Waals surface area (Å²) in [4.78, 5) is 4.29. The lowest BCUT2D eigenvalue weighted by atomic mass is 10.1. The van der Waals surface area contributed by atoms with E-state index in [2.05, 4.69) is 4.84 Å². The van der Waals surface area contributed by atoms with E-state index in [4.69, 9.17) is 11.0 Å². The molecule has 0 atom stereocenters. The summed E-state index contributed by atoms with van der Waals surface area (Å²) in [5.74, 6) is 4.41. The van der Waals surface area contributed by atoms with Crippen molar-refractivity contribution in [3.05, 3.63) is 35.1 Å². The Morgan fingerprint density at radius 1 is 1.50 bits per heavy atom. The summed E-state index contributed by atoms with van der Waals surface area (Å²) < 4.78 is 12.9. The highest BCUT2D eigenvalue weighted by Crippen LogP contribution is 2.10. The molecule has 1 aromatic carbocycles. The lowest BCUT2D eigenvalue weighted by Crippen LogP contribution is -2.01. The molecule has 0 aliphatic heterocycles. The van der Waals surface area contributed by atoms with E-state index in [0.717, 1.165) is 0 Å². The average molecular weight is 171 g/mol. The van der Waals surface area contributed by atoms with Crippen LogP contribution in [0.5, 0.6) is 0 Å². The van der Waals surface area contributed by atoms with Gasteiger partial charge in [0.1, 0.15) is 5.82 Å². The van der Waals surface area contributed by atoms with E-state index in [0.29, 0.717) is 11.1 Å². The Morgan fingerprint density at radius 3 is 2.83 bits per heavy atom. The molecule has 12 heavy (non-hydrogen) atoms. The van der Waals surface area contributed by atoms with E-state index in [-0.39, 0.29) is 19.0 Å². The van der Waals surface area contributed by atoms with Crippen molar-refractivity contribution in [1.29, 1.82) is 0 Å². The van der Waals surface area contributed by atoms with Crippen molar-refractivity contribution in [3.8, 4) is 0 Å². The number of rotatable bonds is 3. The number of hydrogen-bond donors (Lipinski definition) is 2. The van der Waals surface area contributed by atoms with Gasteiger partial charge >= 0.3 is 0 Å². The summed E-state index contributed by atoms with van der Waals surface area (Å²) >= 11 is 0. The van der Waals surface area contributed by atoms with Crippen molar-refractivity contribution in [2.45, 2.75) is 13.2 Å². The van der Waals surface area contributed by atoms with Crippen molar-refractivity contribution in [2.75, 3.05) is 0 Å². The summed E-state index contributed by atoms with van der Waals surface area (Å²) in [5.41, 5.74) is 0.993. The minimum atomic E-state index is -0.377.